The highest BCUT2D eigenvalue weighted by atomic mass is 79.9. The van der Waals surface area contributed by atoms with E-state index in [1.807, 2.05) is 36.4 Å². The summed E-state index contributed by atoms with van der Waals surface area (Å²) in [6.07, 6.45) is 1.52. The molecule has 0 unspecified atom stereocenters. The van der Waals surface area contributed by atoms with Gasteiger partial charge in [0, 0.05) is 26.6 Å². The van der Waals surface area contributed by atoms with Crippen LogP contribution in [0.3, 0.4) is 0 Å². The number of H-pyrrole nitrogens is 1. The maximum Gasteiger partial charge on any atom is 0.339 e. The number of carbonyl (C=O) groups excluding carboxylic acids is 1. The lowest BCUT2D eigenvalue weighted by Gasteiger charge is -2.04. The van der Waals surface area contributed by atoms with Crippen LogP contribution in [0.25, 0.3) is 10.9 Å². The van der Waals surface area contributed by atoms with Crippen LogP contribution in [-0.4, -0.2) is 17.2 Å². The van der Waals surface area contributed by atoms with E-state index in [4.69, 9.17) is 11.6 Å². The van der Waals surface area contributed by atoms with Crippen LogP contribution in [0.4, 0.5) is 10.5 Å². The lowest BCUT2D eigenvalue weighted by atomic mass is 10.2. The summed E-state index contributed by atoms with van der Waals surface area (Å²) in [6.45, 7) is 0. The van der Waals surface area contributed by atoms with Gasteiger partial charge < -0.3 is 10.3 Å². The molecule has 2 amide bonds. The Morgan fingerprint density at radius 3 is 2.87 bits per heavy atom. The van der Waals surface area contributed by atoms with Gasteiger partial charge in [-0.1, -0.05) is 51.8 Å². The SMILES string of the molecule is O=C(NN=Cc1c(Cl)[nH]c2ccccc12)Nc1cccc(Br)c1. The van der Waals surface area contributed by atoms with Gasteiger partial charge in [-0.05, 0) is 24.3 Å². The molecule has 0 aliphatic rings. The van der Waals surface area contributed by atoms with Gasteiger partial charge in [0.2, 0.25) is 0 Å². The number of anilines is 1. The van der Waals surface area contributed by atoms with Gasteiger partial charge in [-0.2, -0.15) is 5.10 Å². The molecule has 116 valence electrons. The first kappa shape index (κ1) is 15.6. The molecule has 0 aliphatic carbocycles. The van der Waals surface area contributed by atoms with E-state index in [2.05, 4.69) is 36.8 Å². The number of aromatic nitrogens is 1. The number of carbonyl (C=O) groups is 1. The molecule has 7 heteroatoms. The number of benzene rings is 2. The molecule has 0 aliphatic heterocycles. The van der Waals surface area contributed by atoms with E-state index in [9.17, 15) is 4.79 Å². The smallest absolute Gasteiger partial charge is 0.339 e. The van der Waals surface area contributed by atoms with Crippen LogP contribution in [-0.2, 0) is 0 Å². The van der Waals surface area contributed by atoms with Gasteiger partial charge in [-0.3, -0.25) is 0 Å². The fourth-order valence-electron chi connectivity index (χ4n) is 2.14. The molecule has 0 bridgehead atoms. The van der Waals surface area contributed by atoms with Crippen molar-refractivity contribution in [2.45, 2.75) is 0 Å². The van der Waals surface area contributed by atoms with Gasteiger partial charge in [0.1, 0.15) is 5.15 Å². The standard InChI is InChI=1S/C16H12BrClN4O/c17-10-4-3-5-11(8-10)20-16(23)22-19-9-13-12-6-1-2-7-14(12)21-15(13)18/h1-9,21H,(H2,20,22,23). The molecule has 23 heavy (non-hydrogen) atoms. The monoisotopic (exact) mass is 390 g/mol. The number of hydrazone groups is 1. The van der Waals surface area contributed by atoms with E-state index < -0.39 is 6.03 Å². The molecular weight excluding hydrogens is 380 g/mol. The molecule has 0 radical (unpaired) electrons. The number of halogens is 2. The predicted molar refractivity (Wildman–Crippen MR) is 97.2 cm³/mol. The lowest BCUT2D eigenvalue weighted by molar-refractivity contribution is 0.252. The maximum absolute atomic E-state index is 11.8. The Bertz CT molecular complexity index is 891. The van der Waals surface area contributed by atoms with E-state index in [1.165, 1.54) is 6.21 Å². The highest BCUT2D eigenvalue weighted by Crippen LogP contribution is 2.24. The van der Waals surface area contributed by atoms with Crippen LogP contribution < -0.4 is 10.7 Å². The number of aromatic amines is 1. The number of nitrogens with one attached hydrogen (secondary N) is 3. The second-order valence-electron chi connectivity index (χ2n) is 4.73. The zero-order valence-corrected chi connectivity index (χ0v) is 14.1. The number of fused-ring (bicyclic) bond motifs is 1. The Hall–Kier alpha value is -2.31. The number of rotatable bonds is 3. The molecule has 2 aromatic carbocycles. The number of hydrogen-bond donors (Lipinski definition) is 3. The molecule has 5 nitrogen and oxygen atoms in total. The zero-order valence-electron chi connectivity index (χ0n) is 11.8. The molecule has 0 fully saturated rings. The Labute approximate surface area is 145 Å². The summed E-state index contributed by atoms with van der Waals surface area (Å²) in [6, 6.07) is 14.5. The summed E-state index contributed by atoms with van der Waals surface area (Å²) in [7, 11) is 0. The van der Waals surface area contributed by atoms with Crippen molar-refractivity contribution in [2.75, 3.05) is 5.32 Å². The molecule has 0 saturated carbocycles. The van der Waals surface area contributed by atoms with Crippen LogP contribution >= 0.6 is 27.5 Å². The minimum atomic E-state index is -0.435. The minimum Gasteiger partial charge on any atom is -0.345 e. The summed E-state index contributed by atoms with van der Waals surface area (Å²) >= 11 is 9.49. The van der Waals surface area contributed by atoms with Gasteiger partial charge >= 0.3 is 6.03 Å². The van der Waals surface area contributed by atoms with Crippen LogP contribution in [0.5, 0.6) is 0 Å². The van der Waals surface area contributed by atoms with Crippen molar-refractivity contribution >= 4 is 56.4 Å². The van der Waals surface area contributed by atoms with E-state index in [0.29, 0.717) is 10.8 Å². The average molecular weight is 392 g/mol. The van der Waals surface area contributed by atoms with Gasteiger partial charge in [-0.15, -0.1) is 0 Å². The maximum atomic E-state index is 11.8. The zero-order chi connectivity index (χ0) is 16.2. The van der Waals surface area contributed by atoms with E-state index >= 15 is 0 Å². The third-order valence-corrected chi connectivity index (χ3v) is 3.93. The van der Waals surface area contributed by atoms with Crippen molar-refractivity contribution in [1.82, 2.24) is 10.4 Å². The molecule has 3 N–H and O–H groups in total. The van der Waals surface area contributed by atoms with Crippen molar-refractivity contribution < 1.29 is 4.79 Å². The van der Waals surface area contributed by atoms with Crippen molar-refractivity contribution in [2.24, 2.45) is 5.10 Å². The van der Waals surface area contributed by atoms with Crippen molar-refractivity contribution in [1.29, 1.82) is 0 Å². The number of para-hydroxylation sites is 1. The quantitative estimate of drug-likeness (QED) is 0.438. The second kappa shape index (κ2) is 6.85. The Balaban J connectivity index is 1.68. The van der Waals surface area contributed by atoms with Crippen LogP contribution in [0.15, 0.2) is 58.1 Å². The lowest BCUT2D eigenvalue weighted by Crippen LogP contribution is -2.24. The second-order valence-corrected chi connectivity index (χ2v) is 6.03. The third kappa shape index (κ3) is 3.72. The largest absolute Gasteiger partial charge is 0.345 e. The molecule has 3 rings (SSSR count). The highest BCUT2D eigenvalue weighted by molar-refractivity contribution is 9.10. The number of amides is 2. The summed E-state index contributed by atoms with van der Waals surface area (Å²) in [5.41, 5.74) is 4.72. The number of urea groups is 1. The Kier molecular flexibility index (Phi) is 4.64. The minimum absolute atomic E-state index is 0.435. The van der Waals surface area contributed by atoms with E-state index in [-0.39, 0.29) is 0 Å². The molecule has 0 spiro atoms. The fourth-order valence-corrected chi connectivity index (χ4v) is 2.79. The molecule has 3 aromatic rings. The predicted octanol–water partition coefficient (Wildman–Crippen LogP) is 4.74. The first-order valence-corrected chi connectivity index (χ1v) is 7.92. The van der Waals surface area contributed by atoms with Crippen LogP contribution in [0.2, 0.25) is 5.15 Å². The summed E-state index contributed by atoms with van der Waals surface area (Å²) in [5, 5.41) is 8.04. The molecule has 0 atom stereocenters. The van der Waals surface area contributed by atoms with E-state index in [1.54, 1.807) is 12.1 Å². The van der Waals surface area contributed by atoms with Crippen LogP contribution in [0.1, 0.15) is 5.56 Å². The molecule has 1 aromatic heterocycles. The number of nitrogens with zero attached hydrogens (tertiary/aromatic N) is 1. The van der Waals surface area contributed by atoms with E-state index in [0.717, 1.165) is 20.9 Å². The topological polar surface area (TPSA) is 69.3 Å². The molecule has 0 saturated heterocycles. The highest BCUT2D eigenvalue weighted by Gasteiger charge is 2.07. The summed E-state index contributed by atoms with van der Waals surface area (Å²) in [4.78, 5) is 14.9. The van der Waals surface area contributed by atoms with Gasteiger partial charge in [0.05, 0.1) is 6.21 Å². The van der Waals surface area contributed by atoms with Gasteiger partial charge in [0.15, 0.2) is 0 Å². The normalized spacial score (nSPS) is 11.0. The Morgan fingerprint density at radius 2 is 2.04 bits per heavy atom. The Morgan fingerprint density at radius 1 is 1.22 bits per heavy atom. The third-order valence-electron chi connectivity index (χ3n) is 3.14. The first-order chi connectivity index (χ1) is 11.1. The fraction of sp³-hybridized carbons (Fsp3) is 0. The summed E-state index contributed by atoms with van der Waals surface area (Å²) < 4.78 is 0.879. The van der Waals surface area contributed by atoms with Gasteiger partial charge in [-0.25, -0.2) is 10.2 Å². The van der Waals surface area contributed by atoms with Crippen molar-refractivity contribution in [3.05, 3.63) is 63.7 Å². The number of hydrogen-bond acceptors (Lipinski definition) is 2. The van der Waals surface area contributed by atoms with Crippen molar-refractivity contribution in [3.8, 4) is 0 Å². The van der Waals surface area contributed by atoms with Crippen molar-refractivity contribution in [3.63, 3.8) is 0 Å². The van der Waals surface area contributed by atoms with Crippen LogP contribution in [0, 0.1) is 0 Å². The first-order valence-electron chi connectivity index (χ1n) is 6.75. The van der Waals surface area contributed by atoms with Gasteiger partial charge in [0.25, 0.3) is 0 Å². The summed E-state index contributed by atoms with van der Waals surface area (Å²) in [5.74, 6) is 0. The molecule has 1 heterocycles. The average Bonchev–Trinajstić information content (AvgIpc) is 2.83. The molecular formula is C16H12BrClN4O.